The van der Waals surface area contributed by atoms with Gasteiger partial charge in [0.1, 0.15) is 0 Å². The zero-order valence-corrected chi connectivity index (χ0v) is 11.4. The van der Waals surface area contributed by atoms with Gasteiger partial charge in [0.15, 0.2) is 0 Å². The van der Waals surface area contributed by atoms with Gasteiger partial charge in [0.05, 0.1) is 0 Å². The first-order chi connectivity index (χ1) is 6.10. The highest BCUT2D eigenvalue weighted by Crippen LogP contribution is 2.27. The third-order valence-electron chi connectivity index (χ3n) is 3.39. The van der Waals surface area contributed by atoms with Crippen molar-refractivity contribution in [1.82, 2.24) is 4.90 Å². The molecule has 0 bridgehead atoms. The molecule has 0 aliphatic rings. The van der Waals surface area contributed by atoms with Crippen LogP contribution in [0.3, 0.4) is 0 Å². The molecule has 0 aromatic rings. The van der Waals surface area contributed by atoms with Crippen LogP contribution in [0.1, 0.15) is 61.3 Å². The van der Waals surface area contributed by atoms with E-state index in [1.165, 1.54) is 12.8 Å². The summed E-state index contributed by atoms with van der Waals surface area (Å²) < 4.78 is 0. The van der Waals surface area contributed by atoms with Crippen LogP contribution in [0.25, 0.3) is 0 Å². The predicted octanol–water partition coefficient (Wildman–Crippen LogP) is 3.93. The second-order valence-corrected chi connectivity index (χ2v) is 6.39. The van der Waals surface area contributed by atoms with Crippen molar-refractivity contribution in [2.75, 3.05) is 7.05 Å². The van der Waals surface area contributed by atoms with Crippen LogP contribution in [0.5, 0.6) is 0 Å². The van der Waals surface area contributed by atoms with Gasteiger partial charge in [0.2, 0.25) is 0 Å². The van der Waals surface area contributed by atoms with Crippen molar-refractivity contribution in [2.45, 2.75) is 72.9 Å². The van der Waals surface area contributed by atoms with Crippen molar-refractivity contribution in [1.29, 1.82) is 0 Å². The molecule has 1 heteroatoms. The molecule has 0 saturated carbocycles. The third kappa shape index (κ3) is 4.45. The van der Waals surface area contributed by atoms with Gasteiger partial charge < -0.3 is 0 Å². The van der Waals surface area contributed by atoms with Gasteiger partial charge in [-0.25, -0.2) is 0 Å². The molecule has 0 rings (SSSR count). The normalized spacial score (nSPS) is 16.1. The Balaban J connectivity index is 4.33. The van der Waals surface area contributed by atoms with Crippen LogP contribution in [0.15, 0.2) is 0 Å². The van der Waals surface area contributed by atoms with Crippen molar-refractivity contribution < 1.29 is 0 Å². The van der Waals surface area contributed by atoms with E-state index in [2.05, 4.69) is 60.4 Å². The molecule has 86 valence electrons. The molecule has 1 atom stereocenters. The van der Waals surface area contributed by atoms with Gasteiger partial charge in [0, 0.05) is 11.6 Å². The first-order valence-electron chi connectivity index (χ1n) is 5.83. The number of hydrogen-bond acceptors (Lipinski definition) is 1. The van der Waals surface area contributed by atoms with Crippen molar-refractivity contribution in [3.8, 4) is 0 Å². The largest absolute Gasteiger partial charge is 0.299 e. The minimum absolute atomic E-state index is 0.324. The van der Waals surface area contributed by atoms with E-state index in [-0.39, 0.29) is 0 Å². The van der Waals surface area contributed by atoms with E-state index in [0.717, 1.165) is 0 Å². The quantitative estimate of drug-likeness (QED) is 0.663. The molecule has 0 spiro atoms. The fraction of sp³-hybridized carbons (Fsp3) is 1.00. The maximum absolute atomic E-state index is 2.51. The lowest BCUT2D eigenvalue weighted by molar-refractivity contribution is 0.0816. The Morgan fingerprint density at radius 1 is 1.07 bits per heavy atom. The van der Waals surface area contributed by atoms with E-state index < -0.39 is 0 Å². The zero-order valence-electron chi connectivity index (χ0n) is 11.4. The van der Waals surface area contributed by atoms with Crippen molar-refractivity contribution in [3.63, 3.8) is 0 Å². The van der Waals surface area contributed by atoms with Crippen LogP contribution in [0.2, 0.25) is 0 Å². The topological polar surface area (TPSA) is 3.24 Å². The van der Waals surface area contributed by atoms with Gasteiger partial charge >= 0.3 is 0 Å². The molecule has 0 aromatic heterocycles. The summed E-state index contributed by atoms with van der Waals surface area (Å²) in [5.74, 6) is 0. The molecule has 0 aliphatic heterocycles. The molecule has 0 amide bonds. The van der Waals surface area contributed by atoms with E-state index in [9.17, 15) is 0 Å². The van der Waals surface area contributed by atoms with Crippen molar-refractivity contribution in [3.05, 3.63) is 0 Å². The first kappa shape index (κ1) is 14.0. The van der Waals surface area contributed by atoms with Gasteiger partial charge in [-0.3, -0.25) is 4.90 Å². The number of hydrogen-bond donors (Lipinski definition) is 0. The Bertz CT molecular complexity index is 165. The van der Waals surface area contributed by atoms with E-state index in [1.54, 1.807) is 0 Å². The average Bonchev–Trinajstić information content (AvgIpc) is 2.00. The van der Waals surface area contributed by atoms with Crippen LogP contribution >= 0.6 is 0 Å². The number of rotatable bonds is 4. The Hall–Kier alpha value is -0.0400. The monoisotopic (exact) mass is 199 g/mol. The maximum atomic E-state index is 2.51. The first-order valence-corrected chi connectivity index (χ1v) is 5.83. The van der Waals surface area contributed by atoms with Crippen molar-refractivity contribution in [2.24, 2.45) is 5.41 Å². The van der Waals surface area contributed by atoms with Crippen LogP contribution in [0.4, 0.5) is 0 Å². The van der Waals surface area contributed by atoms with Crippen LogP contribution < -0.4 is 0 Å². The fourth-order valence-corrected chi connectivity index (χ4v) is 1.87. The minimum Gasteiger partial charge on any atom is -0.299 e. The highest BCUT2D eigenvalue weighted by molar-refractivity contribution is 4.83. The van der Waals surface area contributed by atoms with Crippen molar-refractivity contribution >= 4 is 0 Å². The molecule has 0 radical (unpaired) electrons. The molecule has 1 unspecified atom stereocenters. The van der Waals surface area contributed by atoms with Crippen LogP contribution in [0, 0.1) is 5.41 Å². The van der Waals surface area contributed by atoms with E-state index in [0.29, 0.717) is 17.0 Å². The third-order valence-corrected chi connectivity index (χ3v) is 3.39. The average molecular weight is 199 g/mol. The predicted molar refractivity (Wildman–Crippen MR) is 65.7 cm³/mol. The molecule has 0 fully saturated rings. The van der Waals surface area contributed by atoms with Gasteiger partial charge in [-0.15, -0.1) is 0 Å². The summed E-state index contributed by atoms with van der Waals surface area (Å²) in [5, 5.41) is 0. The standard InChI is InChI=1S/C13H29N/c1-9-13(6,7)14(8)11(2)10-12(3,4)5/h11H,9-10H2,1-8H3. The van der Waals surface area contributed by atoms with Gasteiger partial charge in [-0.2, -0.15) is 0 Å². The second kappa shape index (κ2) is 4.65. The highest BCUT2D eigenvalue weighted by Gasteiger charge is 2.27. The summed E-state index contributed by atoms with van der Waals surface area (Å²) >= 11 is 0. The van der Waals surface area contributed by atoms with Gasteiger partial charge in [0.25, 0.3) is 0 Å². The minimum atomic E-state index is 0.324. The maximum Gasteiger partial charge on any atom is 0.0150 e. The van der Waals surface area contributed by atoms with E-state index in [1.807, 2.05) is 0 Å². The molecule has 0 aromatic carbocycles. The van der Waals surface area contributed by atoms with Crippen LogP contribution in [-0.2, 0) is 0 Å². The molecule has 0 aliphatic carbocycles. The summed E-state index contributed by atoms with van der Waals surface area (Å²) in [5.41, 5.74) is 0.752. The summed E-state index contributed by atoms with van der Waals surface area (Å²) in [4.78, 5) is 2.51. The Labute approximate surface area is 90.9 Å². The zero-order chi connectivity index (χ0) is 11.6. The lowest BCUT2D eigenvalue weighted by atomic mass is 9.86. The lowest BCUT2D eigenvalue weighted by Gasteiger charge is -2.41. The second-order valence-electron chi connectivity index (χ2n) is 6.39. The Morgan fingerprint density at radius 3 is 1.79 bits per heavy atom. The summed E-state index contributed by atoms with van der Waals surface area (Å²) in [6.45, 7) is 16.2. The smallest absolute Gasteiger partial charge is 0.0150 e. The Morgan fingerprint density at radius 2 is 1.50 bits per heavy atom. The summed E-state index contributed by atoms with van der Waals surface area (Å²) in [7, 11) is 2.25. The molecule has 1 nitrogen and oxygen atoms in total. The fourth-order valence-electron chi connectivity index (χ4n) is 1.87. The molecule has 14 heavy (non-hydrogen) atoms. The van der Waals surface area contributed by atoms with E-state index in [4.69, 9.17) is 0 Å². The summed E-state index contributed by atoms with van der Waals surface area (Å²) in [6, 6.07) is 0.657. The molecule has 0 saturated heterocycles. The molecular weight excluding hydrogens is 170 g/mol. The Kier molecular flexibility index (Phi) is 4.64. The summed E-state index contributed by atoms with van der Waals surface area (Å²) in [6.07, 6.45) is 2.46. The van der Waals surface area contributed by atoms with Gasteiger partial charge in [-0.05, 0) is 46.1 Å². The molecule has 0 heterocycles. The van der Waals surface area contributed by atoms with E-state index >= 15 is 0 Å². The highest BCUT2D eigenvalue weighted by atomic mass is 15.2. The van der Waals surface area contributed by atoms with Crippen LogP contribution in [-0.4, -0.2) is 23.5 Å². The SMILES string of the molecule is CCC(C)(C)N(C)C(C)CC(C)(C)C. The molecule has 0 N–H and O–H groups in total. The number of nitrogens with zero attached hydrogens (tertiary/aromatic N) is 1. The van der Waals surface area contributed by atoms with Gasteiger partial charge in [-0.1, -0.05) is 27.7 Å². The molecular formula is C13H29N. The lowest BCUT2D eigenvalue weighted by Crippen LogP contribution is -2.46.